The van der Waals surface area contributed by atoms with Crippen molar-refractivity contribution < 1.29 is 0 Å². The average Bonchev–Trinajstić information content (AvgIpc) is 2.19. The molecule has 0 aliphatic heterocycles. The normalized spacial score (nSPS) is 11.3. The fourth-order valence-corrected chi connectivity index (χ4v) is 2.10. The number of aromatic amines is 1. The van der Waals surface area contributed by atoms with E-state index < -0.39 is 0 Å². The van der Waals surface area contributed by atoms with Crippen LogP contribution in [0.3, 0.4) is 0 Å². The largest absolute Gasteiger partial charge is 0.357 e. The molecule has 2 nitrogen and oxygen atoms in total. The minimum atomic E-state index is 0.0306. The highest BCUT2D eigenvalue weighted by Crippen LogP contribution is 2.23. The fraction of sp³-hybridized carbons (Fsp3) is 0.308. The first kappa shape index (κ1) is 11.2. The van der Waals surface area contributed by atoms with Gasteiger partial charge in [-0.1, -0.05) is 25.4 Å². The molecule has 3 heteroatoms. The number of benzene rings is 1. The van der Waals surface area contributed by atoms with Crippen LogP contribution < -0.4 is 5.43 Å². The maximum Gasteiger partial charge on any atom is 0.189 e. The topological polar surface area (TPSA) is 32.9 Å². The van der Waals surface area contributed by atoms with Crippen LogP contribution in [0.4, 0.5) is 0 Å². The van der Waals surface area contributed by atoms with E-state index in [0.29, 0.717) is 10.4 Å². The molecular formula is C13H14ClNO. The number of halogens is 1. The van der Waals surface area contributed by atoms with E-state index in [-0.39, 0.29) is 11.3 Å². The van der Waals surface area contributed by atoms with Crippen LogP contribution in [0.1, 0.15) is 31.0 Å². The van der Waals surface area contributed by atoms with Gasteiger partial charge in [0.1, 0.15) is 0 Å². The summed E-state index contributed by atoms with van der Waals surface area (Å²) >= 11 is 6.14. The molecule has 1 aromatic heterocycles. The highest BCUT2D eigenvalue weighted by Gasteiger charge is 2.08. The minimum absolute atomic E-state index is 0.0306. The first-order chi connectivity index (χ1) is 7.49. The molecule has 0 unspecified atom stereocenters. The molecule has 1 heterocycles. The zero-order chi connectivity index (χ0) is 11.9. The molecule has 16 heavy (non-hydrogen) atoms. The van der Waals surface area contributed by atoms with Gasteiger partial charge in [-0.3, -0.25) is 4.79 Å². The SMILES string of the molecule is Cc1cc(Cl)c2[nH]c(C(C)C)cc(=O)c2c1. The number of aryl methyl sites for hydroxylation is 1. The van der Waals surface area contributed by atoms with Gasteiger partial charge in [-0.2, -0.15) is 0 Å². The number of H-pyrrole nitrogens is 1. The van der Waals surface area contributed by atoms with Crippen LogP contribution in [-0.4, -0.2) is 4.98 Å². The standard InChI is InChI=1S/C13H14ClNO/c1-7(2)11-6-12(16)9-4-8(3)5-10(14)13(9)15-11/h4-7H,1-3H3,(H,15,16). The quantitative estimate of drug-likeness (QED) is 0.805. The molecular weight excluding hydrogens is 222 g/mol. The lowest BCUT2D eigenvalue weighted by molar-refractivity contribution is 0.828. The third-order valence-electron chi connectivity index (χ3n) is 2.68. The first-order valence-corrected chi connectivity index (χ1v) is 5.70. The van der Waals surface area contributed by atoms with Crippen molar-refractivity contribution in [3.8, 4) is 0 Å². The Balaban J connectivity index is 2.87. The summed E-state index contributed by atoms with van der Waals surface area (Å²) in [6, 6.07) is 5.39. The van der Waals surface area contributed by atoms with Gasteiger partial charge in [0.2, 0.25) is 0 Å². The predicted molar refractivity (Wildman–Crippen MR) is 68.4 cm³/mol. The van der Waals surface area contributed by atoms with Gasteiger partial charge in [0, 0.05) is 17.1 Å². The van der Waals surface area contributed by atoms with Gasteiger partial charge in [-0.25, -0.2) is 0 Å². The van der Waals surface area contributed by atoms with Crippen molar-refractivity contribution in [2.24, 2.45) is 0 Å². The van der Waals surface area contributed by atoms with Gasteiger partial charge in [0.05, 0.1) is 10.5 Å². The Bertz CT molecular complexity index is 599. The number of nitrogens with one attached hydrogen (secondary N) is 1. The van der Waals surface area contributed by atoms with Crippen LogP contribution >= 0.6 is 11.6 Å². The van der Waals surface area contributed by atoms with Crippen LogP contribution in [0.2, 0.25) is 5.02 Å². The number of hydrogen-bond acceptors (Lipinski definition) is 1. The van der Waals surface area contributed by atoms with Gasteiger partial charge < -0.3 is 4.98 Å². The molecule has 0 saturated carbocycles. The van der Waals surface area contributed by atoms with E-state index in [0.717, 1.165) is 16.8 Å². The third-order valence-corrected chi connectivity index (χ3v) is 2.98. The van der Waals surface area contributed by atoms with Crippen LogP contribution in [-0.2, 0) is 0 Å². The van der Waals surface area contributed by atoms with E-state index in [2.05, 4.69) is 4.98 Å². The second kappa shape index (κ2) is 3.95. The maximum absolute atomic E-state index is 11.9. The fourth-order valence-electron chi connectivity index (χ4n) is 1.77. The zero-order valence-corrected chi connectivity index (χ0v) is 10.4. The lowest BCUT2D eigenvalue weighted by atomic mass is 10.1. The molecule has 84 valence electrons. The minimum Gasteiger partial charge on any atom is -0.357 e. The van der Waals surface area contributed by atoms with Crippen molar-refractivity contribution >= 4 is 22.5 Å². The van der Waals surface area contributed by atoms with E-state index >= 15 is 0 Å². The molecule has 1 aromatic carbocycles. The van der Waals surface area contributed by atoms with Crippen LogP contribution in [0.5, 0.6) is 0 Å². The molecule has 0 fully saturated rings. The lowest BCUT2D eigenvalue weighted by Crippen LogP contribution is -2.06. The molecule has 0 atom stereocenters. The molecule has 0 spiro atoms. The number of pyridine rings is 1. The van der Waals surface area contributed by atoms with Crippen molar-refractivity contribution in [3.63, 3.8) is 0 Å². The van der Waals surface area contributed by atoms with Gasteiger partial charge in [-0.15, -0.1) is 0 Å². The molecule has 0 saturated heterocycles. The second-order valence-corrected chi connectivity index (χ2v) is 4.82. The van der Waals surface area contributed by atoms with Crippen molar-refractivity contribution in [1.29, 1.82) is 0 Å². The predicted octanol–water partition coefficient (Wildman–Crippen LogP) is 3.61. The highest BCUT2D eigenvalue weighted by atomic mass is 35.5. The first-order valence-electron chi connectivity index (χ1n) is 5.32. The monoisotopic (exact) mass is 235 g/mol. The molecule has 0 amide bonds. The van der Waals surface area contributed by atoms with Crippen molar-refractivity contribution in [1.82, 2.24) is 4.98 Å². The summed E-state index contributed by atoms with van der Waals surface area (Å²) in [6.07, 6.45) is 0. The van der Waals surface area contributed by atoms with E-state index in [9.17, 15) is 4.79 Å². The summed E-state index contributed by atoms with van der Waals surface area (Å²) in [5.74, 6) is 0.287. The molecule has 1 N–H and O–H groups in total. The Kier molecular flexibility index (Phi) is 2.76. The molecule has 0 bridgehead atoms. The molecule has 0 aliphatic carbocycles. The third kappa shape index (κ3) is 1.85. The maximum atomic E-state index is 11.9. The number of rotatable bonds is 1. The van der Waals surface area contributed by atoms with Crippen LogP contribution in [0, 0.1) is 6.92 Å². The number of hydrogen-bond donors (Lipinski definition) is 1. The van der Waals surface area contributed by atoms with E-state index in [1.165, 1.54) is 0 Å². The van der Waals surface area contributed by atoms with E-state index in [1.807, 2.05) is 32.9 Å². The Hall–Kier alpha value is -1.28. The summed E-state index contributed by atoms with van der Waals surface area (Å²) in [4.78, 5) is 15.2. The van der Waals surface area contributed by atoms with Crippen molar-refractivity contribution in [3.05, 3.63) is 44.7 Å². The van der Waals surface area contributed by atoms with E-state index in [4.69, 9.17) is 11.6 Å². The zero-order valence-electron chi connectivity index (χ0n) is 9.60. The summed E-state index contributed by atoms with van der Waals surface area (Å²) in [5, 5.41) is 1.27. The summed E-state index contributed by atoms with van der Waals surface area (Å²) < 4.78 is 0. The van der Waals surface area contributed by atoms with Crippen LogP contribution in [0.25, 0.3) is 10.9 Å². The molecule has 2 aromatic rings. The number of fused-ring (bicyclic) bond motifs is 1. The van der Waals surface area contributed by atoms with Crippen molar-refractivity contribution in [2.75, 3.05) is 0 Å². The van der Waals surface area contributed by atoms with Gasteiger partial charge in [0.15, 0.2) is 5.43 Å². The Morgan fingerprint density at radius 3 is 2.56 bits per heavy atom. The Morgan fingerprint density at radius 2 is 1.94 bits per heavy atom. The molecule has 2 rings (SSSR count). The second-order valence-electron chi connectivity index (χ2n) is 4.41. The van der Waals surface area contributed by atoms with Crippen molar-refractivity contribution in [2.45, 2.75) is 26.7 Å². The average molecular weight is 236 g/mol. The van der Waals surface area contributed by atoms with Gasteiger partial charge >= 0.3 is 0 Å². The lowest BCUT2D eigenvalue weighted by Gasteiger charge is -2.09. The van der Waals surface area contributed by atoms with E-state index in [1.54, 1.807) is 6.07 Å². The number of aromatic nitrogens is 1. The smallest absolute Gasteiger partial charge is 0.189 e. The summed E-state index contributed by atoms with van der Waals surface area (Å²) in [6.45, 7) is 6.01. The van der Waals surface area contributed by atoms with Crippen LogP contribution in [0.15, 0.2) is 23.0 Å². The molecule has 0 aliphatic rings. The Morgan fingerprint density at radius 1 is 1.25 bits per heavy atom. The highest BCUT2D eigenvalue weighted by molar-refractivity contribution is 6.35. The summed E-state index contributed by atoms with van der Waals surface area (Å²) in [5.41, 5.74) is 2.69. The summed E-state index contributed by atoms with van der Waals surface area (Å²) in [7, 11) is 0. The Labute approximate surface area is 99.3 Å². The molecule has 0 radical (unpaired) electrons. The van der Waals surface area contributed by atoms with Gasteiger partial charge in [0.25, 0.3) is 0 Å². The van der Waals surface area contributed by atoms with Gasteiger partial charge in [-0.05, 0) is 30.5 Å².